The molecule has 0 fully saturated rings. The number of rotatable bonds is 4. The van der Waals surface area contributed by atoms with Gasteiger partial charge in [-0.2, -0.15) is 28.4 Å². The Morgan fingerprint density at radius 3 is 2.00 bits per heavy atom. The van der Waals surface area contributed by atoms with Crippen LogP contribution in [0, 0.1) is 31.2 Å². The molecular formula is C19H16N5W5-. The van der Waals surface area contributed by atoms with Crippen molar-refractivity contribution < 1.29 is 105 Å². The van der Waals surface area contributed by atoms with Crippen LogP contribution < -0.4 is 10.6 Å². The first kappa shape index (κ1) is 33.7. The van der Waals surface area contributed by atoms with Gasteiger partial charge in [0.15, 0.2) is 0 Å². The average molecular weight is 1230 g/mol. The molecule has 1 aromatic heterocycles. The molecule has 0 aliphatic rings. The summed E-state index contributed by atoms with van der Waals surface area (Å²) in [4.78, 5) is 8.71. The van der Waals surface area contributed by atoms with E-state index >= 15 is 0 Å². The molecule has 3 rings (SSSR count). The zero-order valence-electron chi connectivity index (χ0n) is 15.5. The Kier molecular flexibility index (Phi) is 19.4. The average Bonchev–Trinajstić information content (AvgIpc) is 2.59. The monoisotopic (exact) mass is 1230 g/mol. The maximum atomic E-state index is 8.83. The molecule has 0 atom stereocenters. The van der Waals surface area contributed by atoms with Gasteiger partial charge in [0.25, 0.3) is 0 Å². The zero-order chi connectivity index (χ0) is 16.9. The van der Waals surface area contributed by atoms with E-state index in [4.69, 9.17) is 5.26 Å². The summed E-state index contributed by atoms with van der Waals surface area (Å²) in [6, 6.07) is 18.0. The number of aryl methyl sites for hydroxylation is 2. The molecule has 3 aromatic rings. The predicted molar refractivity (Wildman–Crippen MR) is 94.5 cm³/mol. The molecule has 2 aromatic carbocycles. The maximum absolute atomic E-state index is 8.83. The molecule has 0 radical (unpaired) electrons. The van der Waals surface area contributed by atoms with Crippen molar-refractivity contribution in [3.8, 4) is 6.07 Å². The Bertz CT molecular complexity index is 893. The van der Waals surface area contributed by atoms with E-state index in [1.54, 1.807) is 18.3 Å². The van der Waals surface area contributed by atoms with Gasteiger partial charge in [-0.25, -0.2) is 4.98 Å². The number of nitrogens with one attached hydrogen (secondary N) is 2. The minimum absolute atomic E-state index is 0. The van der Waals surface area contributed by atoms with E-state index in [-0.39, 0.29) is 105 Å². The fourth-order valence-corrected chi connectivity index (χ4v) is 2.32. The Hall–Kier alpha value is 0.0516. The molecule has 29 heavy (non-hydrogen) atoms. The van der Waals surface area contributed by atoms with Crippen molar-refractivity contribution in [3.63, 3.8) is 0 Å². The topological polar surface area (TPSA) is 73.6 Å². The second-order valence-corrected chi connectivity index (χ2v) is 5.40. The molecule has 0 bridgehead atoms. The van der Waals surface area contributed by atoms with E-state index in [0.717, 1.165) is 22.5 Å². The van der Waals surface area contributed by atoms with E-state index < -0.39 is 0 Å². The molecule has 1 heterocycles. The number of benzene rings is 2. The van der Waals surface area contributed by atoms with Crippen LogP contribution in [0.15, 0.2) is 48.7 Å². The number of nitriles is 1. The summed E-state index contributed by atoms with van der Waals surface area (Å²) in [5, 5.41) is 15.3. The number of hydrogen-bond donors (Lipinski definition) is 2. The molecular weight excluding hydrogens is 1220 g/mol. The van der Waals surface area contributed by atoms with Crippen LogP contribution in [-0.4, -0.2) is 9.97 Å². The van der Waals surface area contributed by atoms with Crippen LogP contribution in [0.1, 0.15) is 16.7 Å². The van der Waals surface area contributed by atoms with Gasteiger partial charge in [-0.1, -0.05) is 19.5 Å². The number of aromatic nitrogens is 2. The molecule has 0 amide bonds. The van der Waals surface area contributed by atoms with Gasteiger partial charge in [0.1, 0.15) is 5.82 Å². The van der Waals surface area contributed by atoms with Crippen molar-refractivity contribution in [2.75, 3.05) is 10.6 Å². The smallest absolute Gasteiger partial charge is 0.229 e. The Morgan fingerprint density at radius 1 is 0.862 bits per heavy atom. The Labute approximate surface area is 243 Å². The molecule has 0 spiro atoms. The largest absolute Gasteiger partial charge is 0.363 e. The van der Waals surface area contributed by atoms with Crippen LogP contribution in [-0.2, 0) is 105 Å². The normalized spacial score (nSPS) is 8.31. The maximum Gasteiger partial charge on any atom is 0.229 e. The van der Waals surface area contributed by atoms with Gasteiger partial charge in [0.05, 0.1) is 11.6 Å². The molecule has 0 saturated carbocycles. The molecule has 0 aliphatic heterocycles. The molecule has 2 N–H and O–H groups in total. The number of hydrogen-bond acceptors (Lipinski definition) is 5. The summed E-state index contributed by atoms with van der Waals surface area (Å²) in [7, 11) is 0. The van der Waals surface area contributed by atoms with Crippen molar-refractivity contribution in [2.45, 2.75) is 13.8 Å². The van der Waals surface area contributed by atoms with E-state index in [2.05, 4.69) is 32.7 Å². The van der Waals surface area contributed by atoms with Crippen LogP contribution in [0.2, 0.25) is 0 Å². The van der Waals surface area contributed by atoms with Crippen LogP contribution in [0.3, 0.4) is 0 Å². The van der Waals surface area contributed by atoms with Gasteiger partial charge in [-0.15, -0.1) is 11.1 Å². The predicted octanol–water partition coefficient (Wildman–Crippen LogP) is 4.24. The van der Waals surface area contributed by atoms with Gasteiger partial charge in [0, 0.05) is 117 Å². The second kappa shape index (κ2) is 16.7. The molecule has 0 aliphatic carbocycles. The SMILES string of the molecule is Cc1c[c-]cc(C)c1Nc1ccnc(Nc2ccc(C#N)cc2)n1.[W].[W].[W].[W].[W]. The molecule has 10 heteroatoms. The first-order valence-corrected chi connectivity index (χ1v) is 7.50. The van der Waals surface area contributed by atoms with Crippen molar-refractivity contribution in [3.05, 3.63) is 71.4 Å². The molecule has 0 saturated heterocycles. The molecule has 5 nitrogen and oxygen atoms in total. The quantitative estimate of drug-likeness (QED) is 0.384. The second-order valence-electron chi connectivity index (χ2n) is 5.40. The summed E-state index contributed by atoms with van der Waals surface area (Å²) >= 11 is 0. The van der Waals surface area contributed by atoms with E-state index in [0.29, 0.717) is 17.3 Å². The van der Waals surface area contributed by atoms with Crippen LogP contribution in [0.4, 0.5) is 23.1 Å². The summed E-state index contributed by atoms with van der Waals surface area (Å²) in [5.74, 6) is 1.20. The summed E-state index contributed by atoms with van der Waals surface area (Å²) in [6.45, 7) is 4.06. The first-order chi connectivity index (χ1) is 11.7. The standard InChI is InChI=1S/C19H16N5.5W/c1-13-4-3-5-14(2)18(13)23-17-10-11-21-19(24-17)22-16-8-6-15(12-20)7-9-16;;;;;/h4-11H,1-2H3,(H2,21,22,23,24);;;;;/q-1;;;;;. The number of nitrogens with zero attached hydrogens (tertiary/aromatic N) is 3. The van der Waals surface area contributed by atoms with Crippen molar-refractivity contribution in [2.24, 2.45) is 0 Å². The van der Waals surface area contributed by atoms with E-state index in [1.807, 2.05) is 44.2 Å². The first-order valence-electron chi connectivity index (χ1n) is 7.50. The van der Waals surface area contributed by atoms with Gasteiger partial charge in [0.2, 0.25) is 5.95 Å². The Morgan fingerprint density at radius 2 is 1.45 bits per heavy atom. The fourth-order valence-electron chi connectivity index (χ4n) is 2.32. The van der Waals surface area contributed by atoms with Crippen molar-refractivity contribution >= 4 is 23.1 Å². The van der Waals surface area contributed by atoms with Gasteiger partial charge >= 0.3 is 0 Å². The van der Waals surface area contributed by atoms with E-state index in [1.165, 1.54) is 0 Å². The van der Waals surface area contributed by atoms with Crippen LogP contribution in [0.5, 0.6) is 0 Å². The molecule has 148 valence electrons. The van der Waals surface area contributed by atoms with Crippen molar-refractivity contribution in [1.82, 2.24) is 9.97 Å². The summed E-state index contributed by atoms with van der Waals surface area (Å²) in [5.41, 5.74) is 4.68. The summed E-state index contributed by atoms with van der Waals surface area (Å²) < 4.78 is 0. The zero-order valence-corrected chi connectivity index (χ0v) is 30.2. The summed E-state index contributed by atoms with van der Waals surface area (Å²) in [6.07, 6.45) is 1.70. The number of anilines is 4. The third-order valence-electron chi connectivity index (χ3n) is 3.57. The van der Waals surface area contributed by atoms with Crippen LogP contribution >= 0.6 is 0 Å². The minimum atomic E-state index is 0. The van der Waals surface area contributed by atoms with Crippen molar-refractivity contribution in [1.29, 1.82) is 5.26 Å². The molecule has 0 unspecified atom stereocenters. The van der Waals surface area contributed by atoms with E-state index in [9.17, 15) is 0 Å². The van der Waals surface area contributed by atoms with Gasteiger partial charge in [-0.3, -0.25) is 0 Å². The third kappa shape index (κ3) is 9.81. The third-order valence-corrected chi connectivity index (χ3v) is 3.57. The van der Waals surface area contributed by atoms with Gasteiger partial charge < -0.3 is 10.6 Å². The Balaban J connectivity index is -0.00000135. The minimum Gasteiger partial charge on any atom is -0.363 e. The fraction of sp³-hybridized carbons (Fsp3) is 0.105. The van der Waals surface area contributed by atoms with Crippen LogP contribution in [0.25, 0.3) is 0 Å². The van der Waals surface area contributed by atoms with Gasteiger partial charge in [-0.05, 0) is 30.3 Å².